The zero-order valence-electron chi connectivity index (χ0n) is 4.84. The van der Waals surface area contributed by atoms with Crippen molar-refractivity contribution in [1.29, 1.82) is 0 Å². The van der Waals surface area contributed by atoms with Gasteiger partial charge < -0.3 is 4.57 Å². The van der Waals surface area contributed by atoms with Crippen LogP contribution < -0.4 is 5.56 Å². The first-order valence-corrected chi connectivity index (χ1v) is 3.46. The molecule has 0 spiro atoms. The van der Waals surface area contributed by atoms with Gasteiger partial charge in [-0.3, -0.25) is 4.79 Å². The molecule has 0 atom stereocenters. The van der Waals surface area contributed by atoms with Crippen LogP contribution in [0.1, 0.15) is 0 Å². The lowest BCUT2D eigenvalue weighted by molar-refractivity contribution is 0.817. The third-order valence-corrected chi connectivity index (χ3v) is 1.53. The SMILES string of the molecule is Cn1cnc(I)cc1=O. The van der Waals surface area contributed by atoms with Crippen LogP contribution in [-0.2, 0) is 7.05 Å². The summed E-state index contributed by atoms with van der Waals surface area (Å²) in [5, 5.41) is 0. The van der Waals surface area contributed by atoms with Crippen LogP contribution in [-0.4, -0.2) is 9.55 Å². The molecule has 0 radical (unpaired) electrons. The van der Waals surface area contributed by atoms with Crippen LogP contribution in [0.2, 0.25) is 0 Å². The van der Waals surface area contributed by atoms with Gasteiger partial charge in [-0.1, -0.05) is 0 Å². The molecule has 0 fully saturated rings. The Kier molecular flexibility index (Phi) is 1.84. The molecular weight excluding hydrogens is 231 g/mol. The number of halogens is 1. The number of aromatic nitrogens is 2. The fourth-order valence-corrected chi connectivity index (χ4v) is 0.831. The summed E-state index contributed by atoms with van der Waals surface area (Å²) in [5.74, 6) is 0. The Bertz CT molecular complexity index is 268. The number of hydrogen-bond acceptors (Lipinski definition) is 2. The molecule has 0 N–H and O–H groups in total. The number of hydrogen-bond donors (Lipinski definition) is 0. The second-order valence-electron chi connectivity index (χ2n) is 1.66. The van der Waals surface area contributed by atoms with Gasteiger partial charge in [0.1, 0.15) is 3.70 Å². The summed E-state index contributed by atoms with van der Waals surface area (Å²) in [4.78, 5) is 14.6. The van der Waals surface area contributed by atoms with Gasteiger partial charge in [0, 0.05) is 13.1 Å². The van der Waals surface area contributed by atoms with Crippen molar-refractivity contribution in [2.75, 3.05) is 0 Å². The van der Waals surface area contributed by atoms with E-state index in [1.165, 1.54) is 17.0 Å². The fraction of sp³-hybridized carbons (Fsp3) is 0.200. The van der Waals surface area contributed by atoms with Gasteiger partial charge in [0.05, 0.1) is 6.33 Å². The molecular formula is C5H5IN2O. The van der Waals surface area contributed by atoms with E-state index in [1.54, 1.807) is 7.05 Å². The minimum Gasteiger partial charge on any atom is -0.302 e. The van der Waals surface area contributed by atoms with Gasteiger partial charge in [0.25, 0.3) is 5.56 Å². The first-order chi connectivity index (χ1) is 4.20. The van der Waals surface area contributed by atoms with E-state index in [0.29, 0.717) is 0 Å². The summed E-state index contributed by atoms with van der Waals surface area (Å²) < 4.78 is 2.16. The molecule has 0 amide bonds. The molecule has 0 bridgehead atoms. The highest BCUT2D eigenvalue weighted by molar-refractivity contribution is 14.1. The van der Waals surface area contributed by atoms with Crippen molar-refractivity contribution in [3.8, 4) is 0 Å². The van der Waals surface area contributed by atoms with Crippen molar-refractivity contribution < 1.29 is 0 Å². The van der Waals surface area contributed by atoms with E-state index in [2.05, 4.69) is 4.98 Å². The lowest BCUT2D eigenvalue weighted by Gasteiger charge is -1.92. The monoisotopic (exact) mass is 236 g/mol. The number of aryl methyl sites for hydroxylation is 1. The van der Waals surface area contributed by atoms with Crippen molar-refractivity contribution in [3.63, 3.8) is 0 Å². The van der Waals surface area contributed by atoms with Crippen LogP contribution in [0.25, 0.3) is 0 Å². The van der Waals surface area contributed by atoms with Gasteiger partial charge in [0.15, 0.2) is 0 Å². The van der Waals surface area contributed by atoms with Crippen LogP contribution in [0.4, 0.5) is 0 Å². The highest BCUT2D eigenvalue weighted by Crippen LogP contribution is 1.91. The van der Waals surface area contributed by atoms with E-state index >= 15 is 0 Å². The molecule has 0 saturated carbocycles. The average molecular weight is 236 g/mol. The summed E-state index contributed by atoms with van der Waals surface area (Å²) >= 11 is 2.00. The minimum atomic E-state index is -0.0191. The summed E-state index contributed by atoms with van der Waals surface area (Å²) in [6, 6.07) is 1.49. The minimum absolute atomic E-state index is 0.0191. The standard InChI is InChI=1S/C5H5IN2O/c1-8-3-7-4(6)2-5(8)9/h2-3H,1H3. The van der Waals surface area contributed by atoms with Gasteiger partial charge in [-0.25, -0.2) is 4.98 Å². The van der Waals surface area contributed by atoms with Gasteiger partial charge in [-0.15, -0.1) is 0 Å². The molecule has 0 aliphatic rings. The predicted molar refractivity (Wildman–Crippen MR) is 42.2 cm³/mol. The molecule has 3 nitrogen and oxygen atoms in total. The number of rotatable bonds is 0. The van der Waals surface area contributed by atoms with Crippen molar-refractivity contribution in [2.24, 2.45) is 7.05 Å². The molecule has 0 unspecified atom stereocenters. The molecule has 0 aliphatic carbocycles. The van der Waals surface area contributed by atoms with Gasteiger partial charge in [-0.2, -0.15) is 0 Å². The molecule has 0 saturated heterocycles. The van der Waals surface area contributed by atoms with E-state index in [0.717, 1.165) is 3.70 Å². The molecule has 0 aromatic carbocycles. The Morgan fingerprint density at radius 2 is 2.44 bits per heavy atom. The van der Waals surface area contributed by atoms with Crippen LogP contribution in [0.5, 0.6) is 0 Å². The van der Waals surface area contributed by atoms with Gasteiger partial charge in [-0.05, 0) is 22.6 Å². The van der Waals surface area contributed by atoms with Gasteiger partial charge in [0.2, 0.25) is 0 Å². The van der Waals surface area contributed by atoms with Crippen LogP contribution in [0.15, 0.2) is 17.2 Å². The zero-order valence-corrected chi connectivity index (χ0v) is 6.99. The Balaban J connectivity index is 3.34. The third kappa shape index (κ3) is 1.51. The third-order valence-electron chi connectivity index (χ3n) is 0.944. The summed E-state index contributed by atoms with van der Waals surface area (Å²) in [5.41, 5.74) is -0.0191. The Labute approximate surface area is 65.9 Å². The topological polar surface area (TPSA) is 34.9 Å². The molecule has 1 heterocycles. The molecule has 48 valence electrons. The molecule has 1 rings (SSSR count). The fourth-order valence-electron chi connectivity index (χ4n) is 0.440. The van der Waals surface area contributed by atoms with Crippen molar-refractivity contribution in [1.82, 2.24) is 9.55 Å². The Morgan fingerprint density at radius 1 is 1.78 bits per heavy atom. The molecule has 4 heteroatoms. The first kappa shape index (κ1) is 6.73. The maximum Gasteiger partial charge on any atom is 0.254 e. The normalized spacial score (nSPS) is 9.56. The van der Waals surface area contributed by atoms with Crippen molar-refractivity contribution >= 4 is 22.6 Å². The quantitative estimate of drug-likeness (QED) is 0.482. The lowest BCUT2D eigenvalue weighted by Crippen LogP contribution is -2.15. The maximum absolute atomic E-state index is 10.8. The van der Waals surface area contributed by atoms with Crippen molar-refractivity contribution in [2.45, 2.75) is 0 Å². The summed E-state index contributed by atoms with van der Waals surface area (Å²) in [6.07, 6.45) is 1.50. The molecule has 1 aromatic rings. The summed E-state index contributed by atoms with van der Waals surface area (Å²) in [7, 11) is 1.67. The lowest BCUT2D eigenvalue weighted by atomic mass is 10.6. The van der Waals surface area contributed by atoms with E-state index in [9.17, 15) is 4.79 Å². The number of nitrogens with zero attached hydrogens (tertiary/aromatic N) is 2. The van der Waals surface area contributed by atoms with E-state index in [4.69, 9.17) is 0 Å². The second-order valence-corrected chi connectivity index (χ2v) is 2.77. The zero-order chi connectivity index (χ0) is 6.85. The van der Waals surface area contributed by atoms with Crippen LogP contribution >= 0.6 is 22.6 Å². The van der Waals surface area contributed by atoms with E-state index in [1.807, 2.05) is 22.6 Å². The molecule has 9 heavy (non-hydrogen) atoms. The second kappa shape index (κ2) is 2.47. The smallest absolute Gasteiger partial charge is 0.254 e. The van der Waals surface area contributed by atoms with E-state index in [-0.39, 0.29) is 5.56 Å². The first-order valence-electron chi connectivity index (χ1n) is 2.38. The Morgan fingerprint density at radius 3 is 2.89 bits per heavy atom. The maximum atomic E-state index is 10.8. The Hall–Kier alpha value is -0.390. The van der Waals surface area contributed by atoms with Gasteiger partial charge >= 0.3 is 0 Å². The van der Waals surface area contributed by atoms with Crippen LogP contribution in [0.3, 0.4) is 0 Å². The summed E-state index contributed by atoms with van der Waals surface area (Å²) in [6.45, 7) is 0. The van der Waals surface area contributed by atoms with Crippen LogP contribution in [0, 0.1) is 3.70 Å². The molecule has 0 aliphatic heterocycles. The largest absolute Gasteiger partial charge is 0.302 e. The van der Waals surface area contributed by atoms with E-state index < -0.39 is 0 Å². The average Bonchev–Trinajstić information content (AvgIpc) is 1.80. The predicted octanol–water partition coefficient (Wildman–Crippen LogP) is 0.385. The highest BCUT2D eigenvalue weighted by atomic mass is 127. The molecule has 1 aromatic heterocycles. The highest BCUT2D eigenvalue weighted by Gasteiger charge is 1.89. The van der Waals surface area contributed by atoms with Crippen molar-refractivity contribution in [3.05, 3.63) is 26.4 Å².